The van der Waals surface area contributed by atoms with Crippen molar-refractivity contribution in [2.24, 2.45) is 0 Å². The molecule has 0 spiro atoms. The summed E-state index contributed by atoms with van der Waals surface area (Å²) in [4.78, 5) is 36.6. The molecule has 15 heteroatoms. The van der Waals surface area contributed by atoms with Crippen LogP contribution in [-0.2, 0) is 22.9 Å². The maximum absolute atomic E-state index is 13.6. The van der Waals surface area contributed by atoms with Crippen molar-refractivity contribution in [1.82, 2.24) is 9.80 Å². The Morgan fingerprint density at radius 2 is 1.88 bits per heavy atom. The molecule has 0 aliphatic carbocycles. The number of alkyl halides is 3. The fraction of sp³-hybridized carbons (Fsp3) is 0.579. The number of aliphatic carboxylic acids is 1. The molecule has 1 heterocycles. The zero-order valence-electron chi connectivity index (χ0n) is 18.1. The molecule has 1 aromatic rings. The summed E-state index contributed by atoms with van der Waals surface area (Å²) in [6, 6.07) is 3.85. The second-order valence-electron chi connectivity index (χ2n) is 7.38. The van der Waals surface area contributed by atoms with E-state index in [1.807, 2.05) is 0 Å². The molecule has 0 radical (unpaired) electrons. The number of carbonyl (C=O) groups is 2. The maximum atomic E-state index is 13.6. The van der Waals surface area contributed by atoms with Crippen LogP contribution in [0.25, 0.3) is 0 Å². The molecule has 2 rings (SSSR count). The predicted molar refractivity (Wildman–Crippen MR) is 118 cm³/mol. The number of carboxylic acid groups (broad SMARTS) is 1. The lowest BCUT2D eigenvalue weighted by atomic mass is 10.1. The predicted octanol–water partition coefficient (Wildman–Crippen LogP) is 4.20. The molecule has 0 aromatic heterocycles. The largest absolute Gasteiger partial charge is 0.480 e. The highest BCUT2D eigenvalue weighted by Crippen LogP contribution is 2.55. The third kappa shape index (κ3) is 7.84. The lowest BCUT2D eigenvalue weighted by molar-refractivity contribution is -0.195. The second-order valence-corrected chi connectivity index (χ2v) is 10.6. The Labute approximate surface area is 203 Å². The van der Waals surface area contributed by atoms with Gasteiger partial charge in [-0.1, -0.05) is 31.4 Å². The third-order valence-corrected chi connectivity index (χ3v) is 7.92. The standard InChI is InChI=1S/C19H25ClF3N2O7PS/c1-2-3-4-15(16(26)27)25(17(28)19(21,22)23)18(24-9-11-31-12-10-24)33(29,30)32-34-14-7-5-13(20)6-8-14/h5-8,15,18H,2-4,9-12H2,1H3,(H,26,27)(H,29,30). The Morgan fingerprint density at radius 1 is 1.29 bits per heavy atom. The Morgan fingerprint density at radius 3 is 2.38 bits per heavy atom. The van der Waals surface area contributed by atoms with Crippen LogP contribution in [0, 0.1) is 0 Å². The van der Waals surface area contributed by atoms with Crippen molar-refractivity contribution >= 4 is 43.1 Å². The zero-order valence-corrected chi connectivity index (χ0v) is 20.6. The van der Waals surface area contributed by atoms with Crippen molar-refractivity contribution in [2.75, 3.05) is 26.3 Å². The van der Waals surface area contributed by atoms with E-state index in [-0.39, 0.29) is 44.0 Å². The first kappa shape index (κ1) is 28.9. The van der Waals surface area contributed by atoms with E-state index in [0.29, 0.717) is 28.4 Å². The van der Waals surface area contributed by atoms with Gasteiger partial charge in [-0.25, -0.2) is 8.76 Å². The van der Waals surface area contributed by atoms with Crippen LogP contribution in [0.3, 0.4) is 0 Å². The molecule has 0 bridgehead atoms. The smallest absolute Gasteiger partial charge is 0.471 e. The minimum Gasteiger partial charge on any atom is -0.480 e. The van der Waals surface area contributed by atoms with Crippen LogP contribution in [0.1, 0.15) is 26.2 Å². The van der Waals surface area contributed by atoms with Gasteiger partial charge in [0.25, 0.3) is 0 Å². The van der Waals surface area contributed by atoms with Gasteiger partial charge in [-0.15, -0.1) is 0 Å². The number of morpholine rings is 1. The molecule has 192 valence electrons. The third-order valence-electron chi connectivity index (χ3n) is 4.90. The molecule has 3 atom stereocenters. The monoisotopic (exact) mass is 548 g/mol. The van der Waals surface area contributed by atoms with Gasteiger partial charge < -0.3 is 14.7 Å². The molecule has 9 nitrogen and oxygen atoms in total. The van der Waals surface area contributed by atoms with E-state index in [9.17, 15) is 37.3 Å². The van der Waals surface area contributed by atoms with Crippen molar-refractivity contribution in [1.29, 1.82) is 0 Å². The molecule has 2 N–H and O–H groups in total. The Hall–Kier alpha value is -1.34. The molecule has 1 aliphatic rings. The number of halogens is 4. The zero-order chi connectivity index (χ0) is 25.5. The highest BCUT2D eigenvalue weighted by atomic mass is 35.5. The first-order valence-electron chi connectivity index (χ1n) is 10.3. The fourth-order valence-electron chi connectivity index (χ4n) is 3.31. The van der Waals surface area contributed by atoms with Gasteiger partial charge in [0.1, 0.15) is 6.04 Å². The van der Waals surface area contributed by atoms with Crippen LogP contribution in [-0.4, -0.2) is 76.1 Å². The number of benzene rings is 1. The summed E-state index contributed by atoms with van der Waals surface area (Å²) in [7, 11) is -5.11. The summed E-state index contributed by atoms with van der Waals surface area (Å²) in [5.74, 6) is -6.47. The van der Waals surface area contributed by atoms with E-state index < -0.39 is 37.6 Å². The number of unbranched alkanes of at least 4 members (excludes halogenated alkanes) is 1. The molecular formula is C19H25ClF3N2O7PS. The SMILES string of the molecule is CCCCC(C(=O)O)N(C(=O)C(F)(F)F)C(N1CCOCC1)P(=O)(O)OSc1ccc(Cl)cc1. The fourth-order valence-corrected chi connectivity index (χ4v) is 5.98. The average Bonchev–Trinajstić information content (AvgIpc) is 2.77. The molecule has 3 unspecified atom stereocenters. The Balaban J connectivity index is 2.51. The Kier molecular flexibility index (Phi) is 10.7. The number of carbonyl (C=O) groups excluding carboxylic acids is 1. The van der Waals surface area contributed by atoms with Crippen molar-refractivity contribution in [3.8, 4) is 0 Å². The van der Waals surface area contributed by atoms with E-state index in [1.165, 1.54) is 24.3 Å². The van der Waals surface area contributed by atoms with Gasteiger partial charge in [0.05, 0.1) is 13.2 Å². The number of carboxylic acids is 1. The summed E-state index contributed by atoms with van der Waals surface area (Å²) in [6.07, 6.45) is -5.24. The lowest BCUT2D eigenvalue weighted by Gasteiger charge is -2.44. The maximum Gasteiger partial charge on any atom is 0.471 e. The van der Waals surface area contributed by atoms with Gasteiger partial charge in [0.2, 0.25) is 0 Å². The molecule has 1 amide bonds. The molecule has 1 aromatic carbocycles. The molecular weight excluding hydrogens is 524 g/mol. The summed E-state index contributed by atoms with van der Waals surface area (Å²) >= 11 is 6.21. The number of hydrogen-bond donors (Lipinski definition) is 2. The van der Waals surface area contributed by atoms with E-state index in [1.54, 1.807) is 6.92 Å². The quantitative estimate of drug-likeness (QED) is 0.310. The molecule has 1 fully saturated rings. The van der Waals surface area contributed by atoms with Crippen LogP contribution in [0.2, 0.25) is 5.02 Å². The van der Waals surface area contributed by atoms with Crippen LogP contribution >= 0.6 is 31.2 Å². The minimum absolute atomic E-state index is 0.00156. The van der Waals surface area contributed by atoms with Crippen LogP contribution < -0.4 is 0 Å². The highest BCUT2D eigenvalue weighted by molar-refractivity contribution is 7.98. The molecule has 0 saturated carbocycles. The number of rotatable bonds is 11. The number of nitrogens with zero attached hydrogens (tertiary/aromatic N) is 2. The number of amides is 1. The van der Waals surface area contributed by atoms with Gasteiger partial charge in [0, 0.05) is 35.1 Å². The Bertz CT molecular complexity index is 888. The highest BCUT2D eigenvalue weighted by Gasteiger charge is 2.55. The summed E-state index contributed by atoms with van der Waals surface area (Å²) in [6.45, 7) is 1.46. The summed E-state index contributed by atoms with van der Waals surface area (Å²) in [5.41, 5.74) is 0. The second kappa shape index (κ2) is 12.6. The van der Waals surface area contributed by atoms with Crippen LogP contribution in [0.4, 0.5) is 13.2 Å². The van der Waals surface area contributed by atoms with Crippen molar-refractivity contribution < 1.29 is 46.0 Å². The topological polar surface area (TPSA) is 117 Å². The van der Waals surface area contributed by atoms with Crippen molar-refractivity contribution in [3.63, 3.8) is 0 Å². The number of hydrogen-bond acceptors (Lipinski definition) is 7. The van der Waals surface area contributed by atoms with Gasteiger partial charge in [-0.05, 0) is 30.7 Å². The lowest BCUT2D eigenvalue weighted by Crippen LogP contribution is -2.61. The van der Waals surface area contributed by atoms with Crippen LogP contribution in [0.5, 0.6) is 0 Å². The van der Waals surface area contributed by atoms with E-state index in [0.717, 1.165) is 4.90 Å². The average molecular weight is 549 g/mol. The summed E-state index contributed by atoms with van der Waals surface area (Å²) in [5, 5.41) is 10.1. The first-order chi connectivity index (χ1) is 15.9. The molecule has 34 heavy (non-hydrogen) atoms. The minimum atomic E-state index is -5.49. The van der Waals surface area contributed by atoms with Gasteiger partial charge in [0.15, 0.2) is 5.91 Å². The van der Waals surface area contributed by atoms with Crippen molar-refractivity contribution in [2.45, 2.75) is 49.2 Å². The van der Waals surface area contributed by atoms with E-state index in [4.69, 9.17) is 20.3 Å². The number of ether oxygens (including phenoxy) is 1. The first-order valence-corrected chi connectivity index (χ1v) is 13.0. The van der Waals surface area contributed by atoms with Crippen molar-refractivity contribution in [3.05, 3.63) is 29.3 Å². The summed E-state index contributed by atoms with van der Waals surface area (Å²) < 4.78 is 64.4. The normalized spacial score (nSPS) is 18.6. The van der Waals surface area contributed by atoms with E-state index in [2.05, 4.69) is 0 Å². The van der Waals surface area contributed by atoms with E-state index >= 15 is 0 Å². The van der Waals surface area contributed by atoms with Gasteiger partial charge >= 0.3 is 25.6 Å². The molecule has 1 aliphatic heterocycles. The molecule has 1 saturated heterocycles. The van der Waals surface area contributed by atoms with Crippen LogP contribution in [0.15, 0.2) is 29.2 Å². The van der Waals surface area contributed by atoms with Gasteiger partial charge in [-0.2, -0.15) is 13.2 Å². The van der Waals surface area contributed by atoms with Gasteiger partial charge in [-0.3, -0.25) is 19.2 Å².